The normalized spacial score (nSPS) is 19.4. The lowest BCUT2D eigenvalue weighted by Crippen LogP contribution is -2.69. The molecule has 0 saturated carbocycles. The van der Waals surface area contributed by atoms with Gasteiger partial charge in [0.15, 0.2) is 0 Å². The van der Waals surface area contributed by atoms with E-state index in [1.54, 1.807) is 44.4 Å². The predicted octanol–water partition coefficient (Wildman–Crippen LogP) is 2.42. The molecule has 1 fully saturated rings. The molecule has 178 valence electrons. The van der Waals surface area contributed by atoms with E-state index in [0.29, 0.717) is 16.3 Å². The summed E-state index contributed by atoms with van der Waals surface area (Å²) >= 11 is 6.30. The molecule has 3 rings (SSSR count). The molecular weight excluding hydrogens is 466 g/mol. The van der Waals surface area contributed by atoms with Crippen molar-refractivity contribution in [2.75, 3.05) is 26.0 Å². The van der Waals surface area contributed by atoms with E-state index in [0.717, 1.165) is 9.87 Å². The Kier molecular flexibility index (Phi) is 7.66. The Balaban J connectivity index is 1.93. The fourth-order valence-electron chi connectivity index (χ4n) is 3.84. The highest BCUT2D eigenvalue weighted by molar-refractivity contribution is 7.89. The van der Waals surface area contributed by atoms with Crippen molar-refractivity contribution in [1.29, 1.82) is 0 Å². The van der Waals surface area contributed by atoms with E-state index < -0.39 is 27.4 Å². The molecule has 2 aromatic carbocycles. The summed E-state index contributed by atoms with van der Waals surface area (Å²) in [6.45, 7) is 2.85. The largest absolute Gasteiger partial charge is 0.496 e. The van der Waals surface area contributed by atoms with Crippen molar-refractivity contribution in [3.05, 3.63) is 64.7 Å². The van der Waals surface area contributed by atoms with Gasteiger partial charge in [-0.25, -0.2) is 8.42 Å². The van der Waals surface area contributed by atoms with Gasteiger partial charge in [-0.1, -0.05) is 48.0 Å². The van der Waals surface area contributed by atoms with Gasteiger partial charge in [0.05, 0.1) is 19.4 Å². The van der Waals surface area contributed by atoms with Gasteiger partial charge in [-0.05, 0) is 31.5 Å². The summed E-state index contributed by atoms with van der Waals surface area (Å²) in [5, 5.41) is 3.32. The summed E-state index contributed by atoms with van der Waals surface area (Å²) in [4.78, 5) is 28.0. The average Bonchev–Trinajstić information content (AvgIpc) is 2.80. The SMILES string of the molecule is CCS(=O)(=O)N1CC(=O)N(Cc2ccccc2Cl)[C@](C)(C(=O)NCc2ccccc2OC)C1. The summed E-state index contributed by atoms with van der Waals surface area (Å²) < 4.78 is 31.6. The number of benzene rings is 2. The van der Waals surface area contributed by atoms with Gasteiger partial charge in [0, 0.05) is 30.2 Å². The number of sulfonamides is 1. The molecule has 2 amide bonds. The lowest BCUT2D eigenvalue weighted by atomic mass is 9.94. The topological polar surface area (TPSA) is 96.0 Å². The van der Waals surface area contributed by atoms with Gasteiger partial charge in [-0.15, -0.1) is 0 Å². The van der Waals surface area contributed by atoms with Crippen molar-refractivity contribution >= 4 is 33.4 Å². The van der Waals surface area contributed by atoms with Crippen molar-refractivity contribution in [1.82, 2.24) is 14.5 Å². The molecule has 0 aliphatic carbocycles. The van der Waals surface area contributed by atoms with Gasteiger partial charge in [0.25, 0.3) is 0 Å². The van der Waals surface area contributed by atoms with E-state index in [1.165, 1.54) is 11.8 Å². The number of para-hydroxylation sites is 1. The van der Waals surface area contributed by atoms with Crippen LogP contribution in [0.3, 0.4) is 0 Å². The lowest BCUT2D eigenvalue weighted by molar-refractivity contribution is -0.153. The monoisotopic (exact) mass is 493 g/mol. The molecule has 0 radical (unpaired) electrons. The van der Waals surface area contributed by atoms with Crippen molar-refractivity contribution in [3.63, 3.8) is 0 Å². The average molecular weight is 494 g/mol. The summed E-state index contributed by atoms with van der Waals surface area (Å²) in [5.74, 6) is -0.479. The molecule has 1 heterocycles. The Morgan fingerprint density at radius 2 is 1.79 bits per heavy atom. The van der Waals surface area contributed by atoms with Crippen molar-refractivity contribution in [2.24, 2.45) is 0 Å². The zero-order valence-corrected chi connectivity index (χ0v) is 20.4. The smallest absolute Gasteiger partial charge is 0.247 e. The number of hydrogen-bond donors (Lipinski definition) is 1. The van der Waals surface area contributed by atoms with Crippen LogP contribution >= 0.6 is 11.6 Å². The van der Waals surface area contributed by atoms with Crippen LogP contribution in [0, 0.1) is 0 Å². The van der Waals surface area contributed by atoms with E-state index >= 15 is 0 Å². The number of rotatable bonds is 8. The first-order valence-corrected chi connectivity index (χ1v) is 12.5. The molecule has 1 aliphatic heterocycles. The third-order valence-corrected chi connectivity index (χ3v) is 8.00. The minimum atomic E-state index is -3.68. The molecule has 1 N–H and O–H groups in total. The second-order valence-electron chi connectivity index (χ2n) is 8.01. The van der Waals surface area contributed by atoms with Crippen LogP contribution < -0.4 is 10.1 Å². The van der Waals surface area contributed by atoms with Crippen LogP contribution in [0.1, 0.15) is 25.0 Å². The van der Waals surface area contributed by atoms with Gasteiger partial charge in [0.1, 0.15) is 11.3 Å². The van der Waals surface area contributed by atoms with Crippen LogP contribution in [0.15, 0.2) is 48.5 Å². The standard InChI is InChI=1S/C23H28ClN3O5S/c1-4-33(30,31)26-15-21(28)27(14-18-10-5-7-11-19(18)24)23(2,16-26)22(29)25-13-17-9-6-8-12-20(17)32-3/h5-12H,4,13-16H2,1-3H3,(H,25,29)/t23-/m0/s1. The fourth-order valence-corrected chi connectivity index (χ4v) is 5.16. The van der Waals surface area contributed by atoms with Crippen LogP contribution in [-0.2, 0) is 32.7 Å². The minimum Gasteiger partial charge on any atom is -0.496 e. The van der Waals surface area contributed by atoms with Crippen LogP contribution in [0.5, 0.6) is 5.75 Å². The number of ether oxygens (including phenoxy) is 1. The Morgan fingerprint density at radius 3 is 2.42 bits per heavy atom. The maximum atomic E-state index is 13.5. The van der Waals surface area contributed by atoms with Gasteiger partial charge < -0.3 is 15.0 Å². The third kappa shape index (κ3) is 5.31. The molecule has 1 atom stereocenters. The number of hydrogen-bond acceptors (Lipinski definition) is 5. The molecule has 0 spiro atoms. The number of nitrogens with one attached hydrogen (secondary N) is 1. The molecule has 1 saturated heterocycles. The summed E-state index contributed by atoms with van der Waals surface area (Å²) in [6.07, 6.45) is 0. The Hall–Kier alpha value is -2.62. The molecule has 0 bridgehead atoms. The molecule has 8 nitrogen and oxygen atoms in total. The number of amides is 2. The van der Waals surface area contributed by atoms with E-state index in [-0.39, 0.29) is 31.9 Å². The second-order valence-corrected chi connectivity index (χ2v) is 10.7. The Labute approximate surface area is 199 Å². The third-order valence-electron chi connectivity index (χ3n) is 5.86. The number of halogens is 1. The Bertz CT molecular complexity index is 1140. The van der Waals surface area contributed by atoms with E-state index in [4.69, 9.17) is 16.3 Å². The molecule has 10 heteroatoms. The summed E-state index contributed by atoms with van der Waals surface area (Å²) in [7, 11) is -2.14. The molecule has 1 aliphatic rings. The second kappa shape index (κ2) is 10.1. The van der Waals surface area contributed by atoms with Crippen molar-refractivity contribution in [2.45, 2.75) is 32.5 Å². The maximum absolute atomic E-state index is 13.5. The first kappa shape index (κ1) is 25.0. The van der Waals surface area contributed by atoms with Gasteiger partial charge in [-0.3, -0.25) is 9.59 Å². The van der Waals surface area contributed by atoms with E-state index in [2.05, 4.69) is 5.32 Å². The number of carbonyl (C=O) groups is 2. The van der Waals surface area contributed by atoms with Gasteiger partial charge in [0.2, 0.25) is 21.8 Å². The molecule has 33 heavy (non-hydrogen) atoms. The van der Waals surface area contributed by atoms with E-state index in [1.807, 2.05) is 18.2 Å². The van der Waals surface area contributed by atoms with Crippen LogP contribution in [0.4, 0.5) is 0 Å². The van der Waals surface area contributed by atoms with Gasteiger partial charge in [-0.2, -0.15) is 4.31 Å². The quantitative estimate of drug-likeness (QED) is 0.609. The molecular formula is C23H28ClN3O5S. The number of carbonyl (C=O) groups excluding carboxylic acids is 2. The minimum absolute atomic E-state index is 0.0805. The number of methoxy groups -OCH3 is 1. The maximum Gasteiger partial charge on any atom is 0.247 e. The van der Waals surface area contributed by atoms with Crippen molar-refractivity contribution in [3.8, 4) is 5.75 Å². The van der Waals surface area contributed by atoms with E-state index in [9.17, 15) is 18.0 Å². The molecule has 2 aromatic rings. The fraction of sp³-hybridized carbons (Fsp3) is 0.391. The van der Waals surface area contributed by atoms with Gasteiger partial charge >= 0.3 is 0 Å². The molecule has 0 unspecified atom stereocenters. The van der Waals surface area contributed by atoms with Crippen LogP contribution in [-0.4, -0.2) is 60.9 Å². The number of nitrogens with zero attached hydrogens (tertiary/aromatic N) is 2. The summed E-state index contributed by atoms with van der Waals surface area (Å²) in [6, 6.07) is 14.3. The van der Waals surface area contributed by atoms with Crippen LogP contribution in [0.2, 0.25) is 5.02 Å². The first-order chi connectivity index (χ1) is 15.6. The highest BCUT2D eigenvalue weighted by Crippen LogP contribution is 2.29. The predicted molar refractivity (Wildman–Crippen MR) is 126 cm³/mol. The van der Waals surface area contributed by atoms with Crippen molar-refractivity contribution < 1.29 is 22.7 Å². The lowest BCUT2D eigenvalue weighted by Gasteiger charge is -2.46. The highest BCUT2D eigenvalue weighted by atomic mass is 35.5. The number of piperazine rings is 1. The summed E-state index contributed by atoms with van der Waals surface area (Å²) in [5.41, 5.74) is -0.0171. The first-order valence-electron chi connectivity index (χ1n) is 10.5. The zero-order chi connectivity index (χ0) is 24.2. The highest BCUT2D eigenvalue weighted by Gasteiger charge is 2.49. The zero-order valence-electron chi connectivity index (χ0n) is 18.9. The van der Waals surface area contributed by atoms with Crippen LogP contribution in [0.25, 0.3) is 0 Å². The Morgan fingerprint density at radius 1 is 1.15 bits per heavy atom. The molecule has 0 aromatic heterocycles.